The molecule has 6 heteroatoms. The van der Waals surface area contributed by atoms with Crippen molar-refractivity contribution in [2.45, 2.75) is 26.4 Å². The van der Waals surface area contributed by atoms with E-state index >= 15 is 0 Å². The van der Waals surface area contributed by atoms with Crippen LogP contribution < -0.4 is 0 Å². The minimum atomic E-state index is 0.350. The van der Waals surface area contributed by atoms with Crippen LogP contribution in [0, 0.1) is 6.92 Å². The number of hydrogen-bond acceptors (Lipinski definition) is 5. The standard InChI is InChI=1S/C18H22N6/c1-13-9-20-17(10-19-13)11-24-12-18(21-22-24)16-7-5-6-15(8-16)14(2)23(3)4/h5-10,12,14H,11H2,1-4H3/t14-/m0/s1. The highest BCUT2D eigenvalue weighted by atomic mass is 15.4. The van der Waals surface area contributed by atoms with Crippen molar-refractivity contribution in [1.29, 1.82) is 0 Å². The topological polar surface area (TPSA) is 59.7 Å². The van der Waals surface area contributed by atoms with Crippen molar-refractivity contribution >= 4 is 0 Å². The first-order chi connectivity index (χ1) is 11.5. The Labute approximate surface area is 142 Å². The average molecular weight is 322 g/mol. The first kappa shape index (κ1) is 16.3. The number of rotatable bonds is 5. The normalized spacial score (nSPS) is 12.5. The van der Waals surface area contributed by atoms with E-state index in [4.69, 9.17) is 0 Å². The van der Waals surface area contributed by atoms with Crippen molar-refractivity contribution in [2.75, 3.05) is 14.1 Å². The van der Waals surface area contributed by atoms with Crippen LogP contribution in [0.2, 0.25) is 0 Å². The lowest BCUT2D eigenvalue weighted by molar-refractivity contribution is 0.321. The van der Waals surface area contributed by atoms with Gasteiger partial charge in [-0.15, -0.1) is 5.10 Å². The zero-order valence-corrected chi connectivity index (χ0v) is 14.5. The second-order valence-electron chi connectivity index (χ2n) is 6.22. The smallest absolute Gasteiger partial charge is 0.113 e. The lowest BCUT2D eigenvalue weighted by atomic mass is 10.0. The first-order valence-corrected chi connectivity index (χ1v) is 7.97. The van der Waals surface area contributed by atoms with Gasteiger partial charge in [-0.25, -0.2) is 4.68 Å². The fraction of sp³-hybridized carbons (Fsp3) is 0.333. The van der Waals surface area contributed by atoms with Crippen LogP contribution in [0.15, 0.2) is 42.9 Å². The maximum atomic E-state index is 4.36. The van der Waals surface area contributed by atoms with Crippen molar-refractivity contribution in [2.24, 2.45) is 0 Å². The minimum Gasteiger partial charge on any atom is -0.303 e. The second-order valence-corrected chi connectivity index (χ2v) is 6.22. The summed E-state index contributed by atoms with van der Waals surface area (Å²) in [6.45, 7) is 4.67. The van der Waals surface area contributed by atoms with E-state index < -0.39 is 0 Å². The first-order valence-electron chi connectivity index (χ1n) is 7.97. The predicted molar refractivity (Wildman–Crippen MR) is 93.4 cm³/mol. The summed E-state index contributed by atoms with van der Waals surface area (Å²) in [5.74, 6) is 0. The van der Waals surface area contributed by atoms with Crippen molar-refractivity contribution in [3.05, 3.63) is 59.8 Å². The van der Waals surface area contributed by atoms with Gasteiger partial charge in [0.25, 0.3) is 0 Å². The van der Waals surface area contributed by atoms with Crippen LogP contribution in [0.4, 0.5) is 0 Å². The van der Waals surface area contributed by atoms with E-state index in [0.29, 0.717) is 12.6 Å². The SMILES string of the molecule is Cc1cnc(Cn2cc(-c3cccc([C@H](C)N(C)C)c3)nn2)cn1. The van der Waals surface area contributed by atoms with Crippen LogP contribution >= 0.6 is 0 Å². The van der Waals surface area contributed by atoms with Crippen molar-refractivity contribution in [1.82, 2.24) is 29.9 Å². The van der Waals surface area contributed by atoms with E-state index in [0.717, 1.165) is 22.6 Å². The van der Waals surface area contributed by atoms with Crippen molar-refractivity contribution in [3.8, 4) is 11.3 Å². The Morgan fingerprint density at radius 2 is 2.00 bits per heavy atom. The van der Waals surface area contributed by atoms with E-state index in [1.54, 1.807) is 17.1 Å². The van der Waals surface area contributed by atoms with Gasteiger partial charge in [0.1, 0.15) is 5.69 Å². The Morgan fingerprint density at radius 3 is 2.71 bits per heavy atom. The van der Waals surface area contributed by atoms with Crippen LogP contribution in [0.25, 0.3) is 11.3 Å². The van der Waals surface area contributed by atoms with Gasteiger partial charge < -0.3 is 4.90 Å². The number of aryl methyl sites for hydroxylation is 1. The third-order valence-corrected chi connectivity index (χ3v) is 4.14. The molecule has 1 atom stereocenters. The third-order valence-electron chi connectivity index (χ3n) is 4.14. The molecule has 3 aromatic rings. The van der Waals surface area contributed by atoms with E-state index in [9.17, 15) is 0 Å². The molecule has 0 N–H and O–H groups in total. The summed E-state index contributed by atoms with van der Waals surface area (Å²) in [6, 6.07) is 8.79. The van der Waals surface area contributed by atoms with Gasteiger partial charge in [-0.1, -0.05) is 23.4 Å². The van der Waals surface area contributed by atoms with Gasteiger partial charge in [-0.2, -0.15) is 0 Å². The number of hydrogen-bond donors (Lipinski definition) is 0. The molecule has 0 aliphatic rings. The molecular weight excluding hydrogens is 300 g/mol. The third kappa shape index (κ3) is 3.65. The van der Waals surface area contributed by atoms with Gasteiger partial charge in [-0.05, 0) is 39.6 Å². The van der Waals surface area contributed by atoms with E-state index in [1.807, 2.05) is 13.1 Å². The monoisotopic (exact) mass is 322 g/mol. The molecule has 0 aliphatic heterocycles. The summed E-state index contributed by atoms with van der Waals surface area (Å²) in [4.78, 5) is 10.8. The fourth-order valence-electron chi connectivity index (χ4n) is 2.43. The summed E-state index contributed by atoms with van der Waals surface area (Å²) in [7, 11) is 4.16. The van der Waals surface area contributed by atoms with Crippen molar-refractivity contribution < 1.29 is 0 Å². The Hall–Kier alpha value is -2.60. The quantitative estimate of drug-likeness (QED) is 0.723. The average Bonchev–Trinajstić information content (AvgIpc) is 3.05. The van der Waals surface area contributed by atoms with Crippen LogP contribution in [-0.4, -0.2) is 44.0 Å². The highest BCUT2D eigenvalue weighted by Gasteiger charge is 2.10. The van der Waals surface area contributed by atoms with Gasteiger partial charge in [0.05, 0.1) is 30.3 Å². The molecule has 3 rings (SSSR count). The van der Waals surface area contributed by atoms with Crippen LogP contribution in [-0.2, 0) is 6.54 Å². The highest BCUT2D eigenvalue weighted by Crippen LogP contribution is 2.23. The van der Waals surface area contributed by atoms with Gasteiger partial charge >= 0.3 is 0 Å². The molecule has 0 amide bonds. The number of benzene rings is 1. The molecule has 0 saturated heterocycles. The fourth-order valence-corrected chi connectivity index (χ4v) is 2.43. The Balaban J connectivity index is 1.80. The van der Waals surface area contributed by atoms with Gasteiger partial charge in [0, 0.05) is 17.8 Å². The van der Waals surface area contributed by atoms with Crippen LogP contribution in [0.5, 0.6) is 0 Å². The Kier molecular flexibility index (Phi) is 4.66. The molecule has 0 unspecified atom stereocenters. The molecule has 0 aliphatic carbocycles. The summed E-state index contributed by atoms with van der Waals surface area (Å²) >= 11 is 0. The predicted octanol–water partition coefficient (Wildman–Crippen LogP) is 2.71. The molecule has 6 nitrogen and oxygen atoms in total. The molecular formula is C18H22N6. The summed E-state index contributed by atoms with van der Waals surface area (Å²) in [6.07, 6.45) is 5.48. The maximum absolute atomic E-state index is 4.36. The molecule has 0 radical (unpaired) electrons. The van der Waals surface area contributed by atoms with Gasteiger partial charge in [0.15, 0.2) is 0 Å². The molecule has 0 spiro atoms. The molecule has 0 fully saturated rings. The molecule has 124 valence electrons. The number of nitrogens with zero attached hydrogens (tertiary/aromatic N) is 6. The summed E-state index contributed by atoms with van der Waals surface area (Å²) in [5, 5.41) is 8.51. The van der Waals surface area contributed by atoms with E-state index in [1.165, 1.54) is 5.56 Å². The molecule has 24 heavy (non-hydrogen) atoms. The van der Waals surface area contributed by atoms with Crippen molar-refractivity contribution in [3.63, 3.8) is 0 Å². The maximum Gasteiger partial charge on any atom is 0.113 e. The number of aromatic nitrogens is 5. The lowest BCUT2D eigenvalue weighted by Gasteiger charge is -2.20. The Morgan fingerprint density at radius 1 is 1.17 bits per heavy atom. The minimum absolute atomic E-state index is 0.350. The van der Waals surface area contributed by atoms with Crippen LogP contribution in [0.1, 0.15) is 29.9 Å². The molecule has 1 aromatic carbocycles. The zero-order valence-electron chi connectivity index (χ0n) is 14.5. The molecule has 0 bridgehead atoms. The zero-order chi connectivity index (χ0) is 17.1. The summed E-state index contributed by atoms with van der Waals surface area (Å²) < 4.78 is 1.79. The molecule has 2 aromatic heterocycles. The van der Waals surface area contributed by atoms with Gasteiger partial charge in [0.2, 0.25) is 0 Å². The molecule has 0 saturated carbocycles. The summed E-state index contributed by atoms with van der Waals surface area (Å²) in [5.41, 5.74) is 4.97. The van der Waals surface area contributed by atoms with Gasteiger partial charge in [-0.3, -0.25) is 9.97 Å². The highest BCUT2D eigenvalue weighted by molar-refractivity contribution is 5.58. The van der Waals surface area contributed by atoms with Crippen LogP contribution in [0.3, 0.4) is 0 Å². The molecule has 2 heterocycles. The largest absolute Gasteiger partial charge is 0.303 e. The lowest BCUT2D eigenvalue weighted by Crippen LogP contribution is -2.16. The second kappa shape index (κ2) is 6.88. The Bertz CT molecular complexity index is 806. The van der Waals surface area contributed by atoms with E-state index in [-0.39, 0.29) is 0 Å². The van der Waals surface area contributed by atoms with E-state index in [2.05, 4.69) is 70.5 Å².